The van der Waals surface area contributed by atoms with E-state index >= 15 is 0 Å². The minimum absolute atomic E-state index is 1.09. The van der Waals surface area contributed by atoms with Crippen LogP contribution in [0, 0.1) is 0 Å². The van der Waals surface area contributed by atoms with Gasteiger partial charge in [0.2, 0.25) is 0 Å². The first kappa shape index (κ1) is 35.2. The molecule has 11 rings (SSSR count). The Morgan fingerprint density at radius 2 is 0.717 bits per heavy atom. The van der Waals surface area contributed by atoms with E-state index in [1.165, 1.54) is 82.8 Å². The van der Waals surface area contributed by atoms with Crippen molar-refractivity contribution in [1.82, 2.24) is 4.57 Å². The van der Waals surface area contributed by atoms with Gasteiger partial charge in [-0.25, -0.2) is 0 Å². The molecule has 0 unspecified atom stereocenters. The van der Waals surface area contributed by atoms with E-state index in [9.17, 15) is 0 Å². The van der Waals surface area contributed by atoms with Crippen LogP contribution < -0.4 is 4.90 Å². The summed E-state index contributed by atoms with van der Waals surface area (Å²) in [6.07, 6.45) is 0. The predicted octanol–water partition coefficient (Wildman–Crippen LogP) is 16.1. The molecule has 0 bridgehead atoms. The van der Waals surface area contributed by atoms with E-state index in [1.807, 2.05) is 0 Å². The Hall–Kier alpha value is -7.94. The number of rotatable bonds is 8. The quantitative estimate of drug-likeness (QED) is 0.150. The van der Waals surface area contributed by atoms with Crippen molar-refractivity contribution in [3.8, 4) is 50.2 Å². The van der Waals surface area contributed by atoms with Gasteiger partial charge in [-0.1, -0.05) is 176 Å². The van der Waals surface area contributed by atoms with Gasteiger partial charge >= 0.3 is 0 Å². The first-order valence-electron chi connectivity index (χ1n) is 20.6. The van der Waals surface area contributed by atoms with E-state index in [2.05, 4.69) is 252 Å². The Bertz CT molecular complexity index is 3290. The molecular weight excluding hydrogens is 725 g/mol. The van der Waals surface area contributed by atoms with Crippen molar-refractivity contribution in [3.63, 3.8) is 0 Å². The molecule has 1 heterocycles. The maximum atomic E-state index is 2.40. The Balaban J connectivity index is 0.983. The summed E-state index contributed by atoms with van der Waals surface area (Å²) >= 11 is 0. The molecule has 282 valence electrons. The van der Waals surface area contributed by atoms with Crippen LogP contribution in [-0.4, -0.2) is 4.57 Å². The standard InChI is InChI=1S/C58H40N2/c1-3-13-41(14-4-1)44-25-27-45(28-26-44)49-20-12-22-53(38-49)59(52-21-11-19-48(37-52)42-15-5-2-6-16-42)51-33-29-46(30-34-51)50-32-36-58-56(40-50)55-23-9-10-24-57(55)60(58)54-35-31-43-17-7-8-18-47(43)39-54/h1-40H. The molecule has 0 spiro atoms. The second kappa shape index (κ2) is 15.1. The lowest BCUT2D eigenvalue weighted by Crippen LogP contribution is -2.10. The average molecular weight is 765 g/mol. The van der Waals surface area contributed by atoms with Gasteiger partial charge in [0, 0.05) is 33.5 Å². The van der Waals surface area contributed by atoms with Crippen LogP contribution in [0.4, 0.5) is 17.1 Å². The fourth-order valence-corrected chi connectivity index (χ4v) is 8.76. The number of fused-ring (bicyclic) bond motifs is 4. The minimum Gasteiger partial charge on any atom is -0.310 e. The van der Waals surface area contributed by atoms with Crippen molar-refractivity contribution >= 4 is 49.6 Å². The summed E-state index contributed by atoms with van der Waals surface area (Å²) in [5.74, 6) is 0. The molecule has 2 nitrogen and oxygen atoms in total. The van der Waals surface area contributed by atoms with E-state index in [4.69, 9.17) is 0 Å². The number of hydrogen-bond donors (Lipinski definition) is 0. The van der Waals surface area contributed by atoms with Crippen molar-refractivity contribution in [2.45, 2.75) is 0 Å². The summed E-state index contributed by atoms with van der Waals surface area (Å²) in [6, 6.07) is 87.9. The molecule has 0 fully saturated rings. The lowest BCUT2D eigenvalue weighted by Gasteiger charge is -2.27. The van der Waals surface area contributed by atoms with Crippen molar-refractivity contribution < 1.29 is 0 Å². The number of nitrogens with zero attached hydrogens (tertiary/aromatic N) is 2. The fourth-order valence-electron chi connectivity index (χ4n) is 8.76. The van der Waals surface area contributed by atoms with E-state index in [0.29, 0.717) is 0 Å². The van der Waals surface area contributed by atoms with Crippen molar-refractivity contribution in [3.05, 3.63) is 243 Å². The maximum Gasteiger partial charge on any atom is 0.0541 e. The Morgan fingerprint density at radius 1 is 0.250 bits per heavy atom. The SMILES string of the molecule is c1ccc(-c2ccc(-c3cccc(N(c4ccc(-c5ccc6c(c5)c5ccccc5n6-c5ccc6ccccc6c5)cc4)c4cccc(-c5ccccc5)c4)c3)cc2)cc1. The molecule has 0 radical (unpaired) electrons. The molecule has 2 heteroatoms. The summed E-state index contributed by atoms with van der Waals surface area (Å²) in [5.41, 5.74) is 16.4. The van der Waals surface area contributed by atoms with Gasteiger partial charge in [0.05, 0.1) is 11.0 Å². The van der Waals surface area contributed by atoms with Gasteiger partial charge in [-0.2, -0.15) is 0 Å². The predicted molar refractivity (Wildman–Crippen MR) is 255 cm³/mol. The molecule has 0 atom stereocenters. The maximum absolute atomic E-state index is 2.40. The van der Waals surface area contributed by atoms with Crippen LogP contribution in [-0.2, 0) is 0 Å². The molecule has 1 aromatic heterocycles. The highest BCUT2D eigenvalue weighted by atomic mass is 15.1. The van der Waals surface area contributed by atoms with E-state index < -0.39 is 0 Å². The number of para-hydroxylation sites is 1. The fraction of sp³-hybridized carbons (Fsp3) is 0. The highest BCUT2D eigenvalue weighted by Gasteiger charge is 2.17. The highest BCUT2D eigenvalue weighted by Crippen LogP contribution is 2.40. The first-order chi connectivity index (χ1) is 29.7. The van der Waals surface area contributed by atoms with Gasteiger partial charge in [0.25, 0.3) is 0 Å². The molecule has 11 aromatic rings. The Kier molecular flexibility index (Phi) is 8.87. The molecule has 10 aromatic carbocycles. The summed E-state index contributed by atoms with van der Waals surface area (Å²) in [4.78, 5) is 2.37. The summed E-state index contributed by atoms with van der Waals surface area (Å²) < 4.78 is 2.40. The lowest BCUT2D eigenvalue weighted by atomic mass is 9.99. The number of anilines is 3. The van der Waals surface area contributed by atoms with Gasteiger partial charge in [0.1, 0.15) is 0 Å². The van der Waals surface area contributed by atoms with Crippen LogP contribution in [0.5, 0.6) is 0 Å². The van der Waals surface area contributed by atoms with Crippen LogP contribution in [0.1, 0.15) is 0 Å². The molecule has 60 heavy (non-hydrogen) atoms. The molecule has 0 N–H and O–H groups in total. The lowest BCUT2D eigenvalue weighted by molar-refractivity contribution is 1.19. The third-order valence-corrected chi connectivity index (χ3v) is 11.8. The molecular formula is C58H40N2. The third kappa shape index (κ3) is 6.51. The monoisotopic (exact) mass is 764 g/mol. The summed E-state index contributed by atoms with van der Waals surface area (Å²) in [7, 11) is 0. The van der Waals surface area contributed by atoms with Crippen LogP contribution >= 0.6 is 0 Å². The topological polar surface area (TPSA) is 8.17 Å². The smallest absolute Gasteiger partial charge is 0.0541 e. The molecule has 0 saturated heterocycles. The van der Waals surface area contributed by atoms with Gasteiger partial charge in [0.15, 0.2) is 0 Å². The van der Waals surface area contributed by atoms with E-state index in [0.717, 1.165) is 17.1 Å². The summed E-state index contributed by atoms with van der Waals surface area (Å²) in [5, 5.41) is 4.98. The van der Waals surface area contributed by atoms with Crippen LogP contribution in [0.15, 0.2) is 243 Å². The van der Waals surface area contributed by atoms with E-state index in [1.54, 1.807) is 0 Å². The number of benzene rings is 10. The van der Waals surface area contributed by atoms with Gasteiger partial charge in [-0.3, -0.25) is 0 Å². The molecule has 0 aliphatic heterocycles. The molecule has 0 aliphatic carbocycles. The van der Waals surface area contributed by atoms with Crippen LogP contribution in [0.2, 0.25) is 0 Å². The zero-order valence-corrected chi connectivity index (χ0v) is 33.0. The molecule has 0 saturated carbocycles. The van der Waals surface area contributed by atoms with Crippen LogP contribution in [0.3, 0.4) is 0 Å². The van der Waals surface area contributed by atoms with Gasteiger partial charge in [-0.15, -0.1) is 0 Å². The Morgan fingerprint density at radius 3 is 1.38 bits per heavy atom. The normalized spacial score (nSPS) is 11.3. The Labute approximate surface area is 350 Å². The number of hydrogen-bond acceptors (Lipinski definition) is 1. The summed E-state index contributed by atoms with van der Waals surface area (Å²) in [6.45, 7) is 0. The van der Waals surface area contributed by atoms with E-state index in [-0.39, 0.29) is 0 Å². The largest absolute Gasteiger partial charge is 0.310 e. The van der Waals surface area contributed by atoms with Crippen molar-refractivity contribution in [2.75, 3.05) is 4.90 Å². The second-order valence-corrected chi connectivity index (χ2v) is 15.4. The van der Waals surface area contributed by atoms with Crippen molar-refractivity contribution in [1.29, 1.82) is 0 Å². The minimum atomic E-state index is 1.09. The second-order valence-electron chi connectivity index (χ2n) is 15.4. The molecule has 0 amide bonds. The third-order valence-electron chi connectivity index (χ3n) is 11.8. The highest BCUT2D eigenvalue weighted by molar-refractivity contribution is 6.10. The van der Waals surface area contributed by atoms with Crippen molar-refractivity contribution in [2.24, 2.45) is 0 Å². The average Bonchev–Trinajstić information content (AvgIpc) is 3.66. The molecule has 0 aliphatic rings. The van der Waals surface area contributed by atoms with Gasteiger partial charge in [-0.05, 0) is 122 Å². The van der Waals surface area contributed by atoms with Crippen LogP contribution in [0.25, 0.3) is 82.8 Å². The van der Waals surface area contributed by atoms with Gasteiger partial charge < -0.3 is 9.47 Å². The number of aromatic nitrogens is 1. The first-order valence-corrected chi connectivity index (χ1v) is 20.6. The zero-order chi connectivity index (χ0) is 39.8. The zero-order valence-electron chi connectivity index (χ0n) is 33.0.